The minimum absolute atomic E-state index is 0.0692. The number of nitrogens with zero attached hydrogens (tertiary/aromatic N) is 2. The normalized spacial score (nSPS) is 18.0. The van der Waals surface area contributed by atoms with E-state index in [0.29, 0.717) is 19.6 Å². The van der Waals surface area contributed by atoms with Crippen molar-refractivity contribution in [2.24, 2.45) is 0 Å². The highest BCUT2D eigenvalue weighted by molar-refractivity contribution is 7.90. The summed E-state index contributed by atoms with van der Waals surface area (Å²) in [6.07, 6.45) is 0.754. The lowest BCUT2D eigenvalue weighted by Crippen LogP contribution is -2.43. The molecule has 19 heavy (non-hydrogen) atoms. The van der Waals surface area contributed by atoms with E-state index in [4.69, 9.17) is 0 Å². The Bertz CT molecular complexity index is 528. The molecule has 0 bridgehead atoms. The lowest BCUT2D eigenvalue weighted by molar-refractivity contribution is 0.430. The summed E-state index contributed by atoms with van der Waals surface area (Å²) >= 11 is 0. The average molecular weight is 287 g/mol. The highest BCUT2D eigenvalue weighted by Crippen LogP contribution is 2.22. The van der Waals surface area contributed by atoms with Gasteiger partial charge in [0.05, 0.1) is 5.69 Å². The number of nitrogens with one attached hydrogen (secondary N) is 1. The first-order valence-electron chi connectivity index (χ1n) is 6.23. The van der Waals surface area contributed by atoms with E-state index in [1.165, 1.54) is 29.6 Å². The van der Waals surface area contributed by atoms with Crippen LogP contribution in [0.25, 0.3) is 0 Å². The van der Waals surface area contributed by atoms with Gasteiger partial charge in [0, 0.05) is 26.7 Å². The quantitative estimate of drug-likeness (QED) is 0.895. The Morgan fingerprint density at radius 1 is 1.26 bits per heavy atom. The van der Waals surface area contributed by atoms with Gasteiger partial charge in [-0.1, -0.05) is 12.1 Å². The second kappa shape index (κ2) is 5.85. The zero-order valence-corrected chi connectivity index (χ0v) is 11.7. The molecule has 7 heteroatoms. The van der Waals surface area contributed by atoms with E-state index in [2.05, 4.69) is 5.32 Å². The van der Waals surface area contributed by atoms with Crippen LogP contribution in [-0.4, -0.2) is 45.9 Å². The van der Waals surface area contributed by atoms with Gasteiger partial charge in [0.2, 0.25) is 0 Å². The number of rotatable bonds is 3. The summed E-state index contributed by atoms with van der Waals surface area (Å²) in [5, 5.41) is 3.14. The lowest BCUT2D eigenvalue weighted by Gasteiger charge is -2.27. The smallest absolute Gasteiger partial charge is 0.303 e. The average Bonchev–Trinajstić information content (AvgIpc) is 2.67. The molecular weight excluding hydrogens is 269 g/mol. The third-order valence-electron chi connectivity index (χ3n) is 3.16. The van der Waals surface area contributed by atoms with Crippen LogP contribution in [0.2, 0.25) is 0 Å². The molecule has 0 radical (unpaired) electrons. The van der Waals surface area contributed by atoms with E-state index in [-0.39, 0.29) is 5.69 Å². The van der Waals surface area contributed by atoms with Gasteiger partial charge in [-0.3, -0.25) is 4.31 Å². The third-order valence-corrected chi connectivity index (χ3v) is 5.07. The Labute approximate surface area is 113 Å². The van der Waals surface area contributed by atoms with E-state index in [1.54, 1.807) is 6.07 Å². The van der Waals surface area contributed by atoms with Crippen molar-refractivity contribution in [1.29, 1.82) is 0 Å². The van der Waals surface area contributed by atoms with Crippen LogP contribution in [0.5, 0.6) is 0 Å². The molecule has 0 spiro atoms. The molecule has 1 aliphatic heterocycles. The van der Waals surface area contributed by atoms with Crippen LogP contribution in [-0.2, 0) is 10.2 Å². The molecular formula is C12H18FN3O2S. The molecule has 5 nitrogen and oxygen atoms in total. The van der Waals surface area contributed by atoms with Crippen LogP contribution in [0, 0.1) is 5.82 Å². The van der Waals surface area contributed by atoms with Gasteiger partial charge in [-0.05, 0) is 25.1 Å². The van der Waals surface area contributed by atoms with Crippen molar-refractivity contribution in [1.82, 2.24) is 9.62 Å². The van der Waals surface area contributed by atoms with E-state index < -0.39 is 16.0 Å². The topological polar surface area (TPSA) is 52.7 Å². The first-order valence-corrected chi connectivity index (χ1v) is 7.62. The number of benzene rings is 1. The van der Waals surface area contributed by atoms with Crippen LogP contribution >= 0.6 is 0 Å². The number of para-hydroxylation sites is 1. The number of halogens is 1. The molecule has 0 atom stereocenters. The molecule has 1 aliphatic rings. The molecule has 1 N–H and O–H groups in total. The molecule has 0 aliphatic carbocycles. The van der Waals surface area contributed by atoms with Crippen LogP contribution < -0.4 is 9.62 Å². The molecule has 2 rings (SSSR count). The van der Waals surface area contributed by atoms with Crippen molar-refractivity contribution in [3.05, 3.63) is 30.1 Å². The predicted octanol–water partition coefficient (Wildman–Crippen LogP) is 0.802. The Hall–Kier alpha value is -1.18. The molecule has 106 valence electrons. The molecule has 0 unspecified atom stereocenters. The molecule has 1 saturated heterocycles. The van der Waals surface area contributed by atoms with Crippen molar-refractivity contribution < 1.29 is 12.8 Å². The van der Waals surface area contributed by atoms with Gasteiger partial charge >= 0.3 is 10.2 Å². The maximum atomic E-state index is 13.7. The monoisotopic (exact) mass is 287 g/mol. The number of anilines is 1. The van der Waals surface area contributed by atoms with Crippen molar-refractivity contribution in [2.75, 3.05) is 37.5 Å². The minimum atomic E-state index is -3.67. The second-order valence-electron chi connectivity index (χ2n) is 4.43. The summed E-state index contributed by atoms with van der Waals surface area (Å²) in [7, 11) is -2.29. The molecule has 1 aromatic rings. The Morgan fingerprint density at radius 2 is 2.00 bits per heavy atom. The van der Waals surface area contributed by atoms with E-state index in [1.807, 2.05) is 0 Å². The largest absolute Gasteiger partial charge is 0.315 e. The van der Waals surface area contributed by atoms with Gasteiger partial charge < -0.3 is 5.32 Å². The maximum absolute atomic E-state index is 13.7. The van der Waals surface area contributed by atoms with Gasteiger partial charge in [0.15, 0.2) is 0 Å². The number of hydrogen-bond acceptors (Lipinski definition) is 3. The Kier molecular flexibility index (Phi) is 4.38. The van der Waals surface area contributed by atoms with Gasteiger partial charge in [-0.2, -0.15) is 12.7 Å². The van der Waals surface area contributed by atoms with Crippen LogP contribution in [0.4, 0.5) is 10.1 Å². The molecule has 1 aromatic carbocycles. The standard InChI is InChI=1S/C12H18FN3O2S/c1-15(12-6-3-2-5-11(12)13)19(17,18)16-9-4-7-14-8-10-16/h2-3,5-6,14H,4,7-10H2,1H3. The van der Waals surface area contributed by atoms with Gasteiger partial charge in [0.25, 0.3) is 0 Å². The zero-order chi connectivity index (χ0) is 13.9. The highest BCUT2D eigenvalue weighted by atomic mass is 32.2. The minimum Gasteiger partial charge on any atom is -0.315 e. The third kappa shape index (κ3) is 3.05. The fourth-order valence-electron chi connectivity index (χ4n) is 2.06. The summed E-state index contributed by atoms with van der Waals surface area (Å²) in [6, 6.07) is 5.87. The predicted molar refractivity (Wildman–Crippen MR) is 72.8 cm³/mol. The van der Waals surface area contributed by atoms with Gasteiger partial charge in [-0.25, -0.2) is 4.39 Å². The van der Waals surface area contributed by atoms with E-state index in [9.17, 15) is 12.8 Å². The van der Waals surface area contributed by atoms with E-state index in [0.717, 1.165) is 17.3 Å². The SMILES string of the molecule is CN(c1ccccc1F)S(=O)(=O)N1CCCNCC1. The van der Waals surface area contributed by atoms with Crippen molar-refractivity contribution in [3.8, 4) is 0 Å². The van der Waals surface area contributed by atoms with E-state index >= 15 is 0 Å². The summed E-state index contributed by atoms with van der Waals surface area (Å²) in [6.45, 7) is 2.27. The molecule has 0 amide bonds. The van der Waals surface area contributed by atoms with Crippen LogP contribution in [0.3, 0.4) is 0 Å². The summed E-state index contributed by atoms with van der Waals surface area (Å²) in [5.41, 5.74) is 0.0692. The molecule has 1 heterocycles. The fraction of sp³-hybridized carbons (Fsp3) is 0.500. The zero-order valence-electron chi connectivity index (χ0n) is 10.8. The summed E-state index contributed by atoms with van der Waals surface area (Å²) in [4.78, 5) is 0. The maximum Gasteiger partial charge on any atom is 0.303 e. The highest BCUT2D eigenvalue weighted by Gasteiger charge is 2.28. The van der Waals surface area contributed by atoms with Gasteiger partial charge in [0.1, 0.15) is 5.82 Å². The molecule has 0 saturated carbocycles. The van der Waals surface area contributed by atoms with Crippen LogP contribution in [0.1, 0.15) is 6.42 Å². The summed E-state index contributed by atoms with van der Waals surface area (Å²) < 4.78 is 41.0. The summed E-state index contributed by atoms with van der Waals surface area (Å²) in [5.74, 6) is -0.540. The lowest BCUT2D eigenvalue weighted by atomic mass is 10.3. The van der Waals surface area contributed by atoms with Crippen molar-refractivity contribution in [3.63, 3.8) is 0 Å². The van der Waals surface area contributed by atoms with Crippen molar-refractivity contribution >= 4 is 15.9 Å². The first-order chi connectivity index (χ1) is 9.03. The first kappa shape index (κ1) is 14.2. The number of hydrogen-bond donors (Lipinski definition) is 1. The Balaban J connectivity index is 2.26. The Morgan fingerprint density at radius 3 is 2.74 bits per heavy atom. The molecule has 1 fully saturated rings. The second-order valence-corrected chi connectivity index (χ2v) is 6.39. The van der Waals surface area contributed by atoms with Crippen molar-refractivity contribution in [2.45, 2.75) is 6.42 Å². The van der Waals surface area contributed by atoms with Crippen LogP contribution in [0.15, 0.2) is 24.3 Å². The fourth-order valence-corrected chi connectivity index (χ4v) is 3.48. The molecule has 0 aromatic heterocycles. The van der Waals surface area contributed by atoms with Gasteiger partial charge in [-0.15, -0.1) is 0 Å².